The van der Waals surface area contributed by atoms with E-state index in [0.29, 0.717) is 47.1 Å². The maximum Gasteiger partial charge on any atom is 0.251 e. The van der Waals surface area contributed by atoms with Crippen molar-refractivity contribution in [1.29, 1.82) is 0 Å². The normalized spacial score (nSPS) is 10.9. The molecule has 0 unspecified atom stereocenters. The molecule has 1 aromatic heterocycles. The Kier molecular flexibility index (Phi) is 11.2. The molecule has 3 N–H and O–H groups in total. The second kappa shape index (κ2) is 12.8. The molecule has 0 bridgehead atoms. The van der Waals surface area contributed by atoms with E-state index in [1.165, 1.54) is 0 Å². The summed E-state index contributed by atoms with van der Waals surface area (Å²) in [5.41, 5.74) is 1.49. The molecule has 1 heterocycles. The van der Waals surface area contributed by atoms with Crippen LogP contribution in [0.1, 0.15) is 23.0 Å². The van der Waals surface area contributed by atoms with Gasteiger partial charge in [-0.2, -0.15) is 0 Å². The molecule has 1 aromatic carbocycles. The van der Waals surface area contributed by atoms with Gasteiger partial charge in [0.1, 0.15) is 10.9 Å². The number of hydrogen-bond donors (Lipinski definition) is 3. The molecule has 1 amide bonds. The number of guanidine groups is 1. The summed E-state index contributed by atoms with van der Waals surface area (Å²) in [6.07, 6.45) is 0. The van der Waals surface area contributed by atoms with Gasteiger partial charge in [-0.25, -0.2) is 4.99 Å². The lowest BCUT2D eigenvalue weighted by Gasteiger charge is -2.12. The van der Waals surface area contributed by atoms with Crippen LogP contribution >= 0.6 is 47.2 Å². The van der Waals surface area contributed by atoms with Gasteiger partial charge in [-0.1, -0.05) is 23.2 Å². The summed E-state index contributed by atoms with van der Waals surface area (Å²) in [7, 11) is 3.43. The summed E-state index contributed by atoms with van der Waals surface area (Å²) < 4.78 is 6.89. The third kappa shape index (κ3) is 7.60. The van der Waals surface area contributed by atoms with Gasteiger partial charge in [0.05, 0.1) is 18.7 Å². The molecule has 0 saturated carbocycles. The first-order valence-corrected chi connectivity index (χ1v) is 9.65. The fourth-order valence-corrected chi connectivity index (χ4v) is 2.86. The summed E-state index contributed by atoms with van der Waals surface area (Å²) in [5, 5.41) is 10.2. The van der Waals surface area contributed by atoms with E-state index in [1.54, 1.807) is 42.0 Å². The smallest absolute Gasteiger partial charge is 0.251 e. The Morgan fingerprint density at radius 3 is 2.34 bits per heavy atom. The molecule has 29 heavy (non-hydrogen) atoms. The van der Waals surface area contributed by atoms with Gasteiger partial charge in [0.2, 0.25) is 0 Å². The van der Waals surface area contributed by atoms with Crippen molar-refractivity contribution in [1.82, 2.24) is 20.5 Å². The SMILES string of the molecule is CCNC(=NCc1cc(Cl)c(Cl)n1C)NCCNC(=O)c1ccc(OC)cc1.I. The molecule has 0 aliphatic carbocycles. The lowest BCUT2D eigenvalue weighted by Crippen LogP contribution is -2.41. The molecular weight excluding hydrogens is 528 g/mol. The molecule has 160 valence electrons. The number of carbonyl (C=O) groups is 1. The Morgan fingerprint density at radius 1 is 1.14 bits per heavy atom. The topological polar surface area (TPSA) is 79.7 Å². The van der Waals surface area contributed by atoms with Gasteiger partial charge in [-0.05, 0) is 37.3 Å². The number of ether oxygens (including phenoxy) is 1. The minimum atomic E-state index is -0.139. The van der Waals surface area contributed by atoms with Gasteiger partial charge in [0.15, 0.2) is 5.96 Å². The molecule has 0 aliphatic rings. The van der Waals surface area contributed by atoms with E-state index in [2.05, 4.69) is 20.9 Å². The van der Waals surface area contributed by atoms with Gasteiger partial charge in [0.25, 0.3) is 5.91 Å². The first-order chi connectivity index (χ1) is 13.5. The zero-order valence-corrected chi connectivity index (χ0v) is 20.4. The largest absolute Gasteiger partial charge is 0.497 e. The van der Waals surface area contributed by atoms with E-state index in [9.17, 15) is 4.79 Å². The zero-order valence-electron chi connectivity index (χ0n) is 16.6. The first-order valence-electron chi connectivity index (χ1n) is 8.90. The molecule has 2 aromatic rings. The van der Waals surface area contributed by atoms with Crippen molar-refractivity contribution >= 4 is 59.0 Å². The molecule has 10 heteroatoms. The van der Waals surface area contributed by atoms with Crippen molar-refractivity contribution in [2.45, 2.75) is 13.5 Å². The van der Waals surface area contributed by atoms with Crippen LogP contribution < -0.4 is 20.7 Å². The Bertz CT molecular complexity index is 825. The highest BCUT2D eigenvalue weighted by molar-refractivity contribution is 14.0. The number of halogens is 3. The molecule has 2 rings (SSSR count). The third-order valence-corrected chi connectivity index (χ3v) is 4.86. The van der Waals surface area contributed by atoms with Gasteiger partial charge in [-0.3, -0.25) is 4.79 Å². The van der Waals surface area contributed by atoms with Crippen molar-refractivity contribution in [3.8, 4) is 5.75 Å². The highest BCUT2D eigenvalue weighted by Gasteiger charge is 2.09. The van der Waals surface area contributed by atoms with Crippen molar-refractivity contribution in [3.63, 3.8) is 0 Å². The summed E-state index contributed by atoms with van der Waals surface area (Å²) >= 11 is 12.1. The second-order valence-corrected chi connectivity index (χ2v) is 6.70. The number of aliphatic imine (C=N–C) groups is 1. The Morgan fingerprint density at radius 2 is 1.79 bits per heavy atom. The van der Waals surface area contributed by atoms with Crippen LogP contribution in [0.25, 0.3) is 0 Å². The van der Waals surface area contributed by atoms with E-state index < -0.39 is 0 Å². The minimum absolute atomic E-state index is 0. The van der Waals surface area contributed by atoms with Crippen LogP contribution in [0.2, 0.25) is 10.2 Å². The fourth-order valence-electron chi connectivity index (χ4n) is 2.44. The van der Waals surface area contributed by atoms with Gasteiger partial charge < -0.3 is 25.3 Å². The van der Waals surface area contributed by atoms with Gasteiger partial charge >= 0.3 is 0 Å². The summed E-state index contributed by atoms with van der Waals surface area (Å²) in [5.74, 6) is 1.22. The molecule has 0 radical (unpaired) electrons. The van der Waals surface area contributed by atoms with E-state index >= 15 is 0 Å². The zero-order chi connectivity index (χ0) is 20.5. The number of nitrogens with zero attached hydrogens (tertiary/aromatic N) is 2. The number of benzene rings is 1. The van der Waals surface area contributed by atoms with Gasteiger partial charge in [0, 0.05) is 37.9 Å². The minimum Gasteiger partial charge on any atom is -0.497 e. The average Bonchev–Trinajstić information content (AvgIpc) is 2.95. The number of carbonyl (C=O) groups excluding carboxylic acids is 1. The Balaban J connectivity index is 0.00000420. The van der Waals surface area contributed by atoms with Crippen molar-refractivity contribution in [2.24, 2.45) is 12.0 Å². The van der Waals surface area contributed by atoms with Crippen molar-refractivity contribution in [2.75, 3.05) is 26.7 Å². The number of methoxy groups -OCH3 is 1. The van der Waals surface area contributed by atoms with E-state index in [0.717, 1.165) is 12.2 Å². The van der Waals surface area contributed by atoms with Crippen LogP contribution in [-0.2, 0) is 13.6 Å². The first kappa shape index (κ1) is 25.4. The predicted octanol–water partition coefficient (Wildman–Crippen LogP) is 3.44. The maximum atomic E-state index is 12.1. The van der Waals surface area contributed by atoms with Crippen LogP contribution in [0.5, 0.6) is 5.75 Å². The molecule has 0 atom stereocenters. The highest BCUT2D eigenvalue weighted by Crippen LogP contribution is 2.25. The highest BCUT2D eigenvalue weighted by atomic mass is 127. The number of amides is 1. The number of rotatable bonds is 8. The summed E-state index contributed by atoms with van der Waals surface area (Å²) in [6.45, 7) is 4.12. The second-order valence-electron chi connectivity index (χ2n) is 5.94. The van der Waals surface area contributed by atoms with Crippen LogP contribution in [0.4, 0.5) is 0 Å². The number of nitrogens with one attached hydrogen (secondary N) is 3. The maximum absolute atomic E-state index is 12.1. The van der Waals surface area contributed by atoms with E-state index in [4.69, 9.17) is 27.9 Å². The fraction of sp³-hybridized carbons (Fsp3) is 0.368. The van der Waals surface area contributed by atoms with E-state index in [1.807, 2.05) is 14.0 Å². The summed E-state index contributed by atoms with van der Waals surface area (Å²) in [4.78, 5) is 16.7. The quantitative estimate of drug-likeness (QED) is 0.202. The third-order valence-electron chi connectivity index (χ3n) is 4.01. The molecule has 7 nitrogen and oxygen atoms in total. The lowest BCUT2D eigenvalue weighted by molar-refractivity contribution is 0.0954. The van der Waals surface area contributed by atoms with E-state index in [-0.39, 0.29) is 29.9 Å². The summed E-state index contributed by atoms with van der Waals surface area (Å²) in [6, 6.07) is 8.76. The monoisotopic (exact) mass is 553 g/mol. The van der Waals surface area contributed by atoms with Crippen LogP contribution in [-0.4, -0.2) is 43.2 Å². The van der Waals surface area contributed by atoms with Crippen molar-refractivity contribution in [3.05, 3.63) is 51.8 Å². The standard InChI is InChI=1S/C19H25Cl2N5O2.HI/c1-4-22-19(25-12-14-11-16(20)17(21)26(14)2)24-10-9-23-18(27)13-5-7-15(28-3)8-6-13;/h5-8,11H,4,9-10,12H2,1-3H3,(H,23,27)(H2,22,24,25);1H. The average molecular weight is 554 g/mol. The Labute approximate surface area is 198 Å². The van der Waals surface area contributed by atoms with Crippen LogP contribution in [0, 0.1) is 0 Å². The number of aromatic nitrogens is 1. The molecule has 0 fully saturated rings. The number of hydrogen-bond acceptors (Lipinski definition) is 3. The Hall–Kier alpha value is -1.65. The van der Waals surface area contributed by atoms with Crippen LogP contribution in [0.3, 0.4) is 0 Å². The molecule has 0 spiro atoms. The van der Waals surface area contributed by atoms with Gasteiger partial charge in [-0.15, -0.1) is 24.0 Å². The van der Waals surface area contributed by atoms with Crippen LogP contribution in [0.15, 0.2) is 35.3 Å². The molecular formula is C19H26Cl2IN5O2. The predicted molar refractivity (Wildman–Crippen MR) is 129 cm³/mol. The lowest BCUT2D eigenvalue weighted by atomic mass is 10.2. The molecule has 0 saturated heterocycles. The van der Waals surface area contributed by atoms with Crippen molar-refractivity contribution < 1.29 is 9.53 Å². The molecule has 0 aliphatic heterocycles.